The van der Waals surface area contributed by atoms with Crippen LogP contribution in [0.2, 0.25) is 0 Å². The number of aromatic nitrogens is 4. The third-order valence-corrected chi connectivity index (χ3v) is 4.27. The summed E-state index contributed by atoms with van der Waals surface area (Å²) in [7, 11) is 1.58. The molecule has 3 N–H and O–H groups in total. The van der Waals surface area contributed by atoms with Crippen LogP contribution in [0.5, 0.6) is 5.88 Å². The van der Waals surface area contributed by atoms with Crippen molar-refractivity contribution in [1.29, 1.82) is 0 Å². The van der Waals surface area contributed by atoms with Crippen LogP contribution in [0.1, 0.15) is 5.56 Å². The number of benzene rings is 1. The number of carboxylic acid groups (broad SMARTS) is 1. The van der Waals surface area contributed by atoms with Crippen LogP contribution in [0.4, 0.5) is 16.4 Å². The van der Waals surface area contributed by atoms with Gasteiger partial charge >= 0.3 is 6.09 Å². The summed E-state index contributed by atoms with van der Waals surface area (Å²) >= 11 is 0. The molecular formula is C20H18N6O3. The van der Waals surface area contributed by atoms with Gasteiger partial charge in [0, 0.05) is 18.2 Å². The van der Waals surface area contributed by atoms with Crippen molar-refractivity contribution >= 4 is 23.4 Å². The molecule has 0 radical (unpaired) electrons. The number of nitrogens with one attached hydrogen (secondary N) is 2. The van der Waals surface area contributed by atoms with E-state index < -0.39 is 6.09 Å². The molecule has 0 saturated heterocycles. The van der Waals surface area contributed by atoms with Gasteiger partial charge < -0.3 is 15.2 Å². The third-order valence-electron chi connectivity index (χ3n) is 4.27. The molecule has 0 bridgehead atoms. The normalized spacial score (nSPS) is 10.7. The van der Waals surface area contributed by atoms with Gasteiger partial charge in [-0.3, -0.25) is 5.32 Å². The molecule has 29 heavy (non-hydrogen) atoms. The number of fused-ring (bicyclic) bond motifs is 1. The summed E-state index contributed by atoms with van der Waals surface area (Å²) in [5.74, 6) is 0.614. The molecule has 0 unspecified atom stereocenters. The Morgan fingerprint density at radius 2 is 1.97 bits per heavy atom. The van der Waals surface area contributed by atoms with Gasteiger partial charge in [0.05, 0.1) is 24.7 Å². The van der Waals surface area contributed by atoms with E-state index in [1.54, 1.807) is 30.0 Å². The molecule has 1 aromatic carbocycles. The zero-order valence-electron chi connectivity index (χ0n) is 15.5. The van der Waals surface area contributed by atoms with Crippen LogP contribution in [0.15, 0.2) is 60.8 Å². The highest BCUT2D eigenvalue weighted by Crippen LogP contribution is 2.22. The summed E-state index contributed by atoms with van der Waals surface area (Å²) in [6, 6.07) is 17.3. The van der Waals surface area contributed by atoms with E-state index in [0.717, 1.165) is 22.5 Å². The lowest BCUT2D eigenvalue weighted by atomic mass is 10.1. The molecule has 0 aliphatic carbocycles. The van der Waals surface area contributed by atoms with Crippen molar-refractivity contribution in [2.24, 2.45) is 0 Å². The zero-order valence-corrected chi connectivity index (χ0v) is 15.5. The van der Waals surface area contributed by atoms with Crippen molar-refractivity contribution in [3.05, 3.63) is 66.4 Å². The van der Waals surface area contributed by atoms with Gasteiger partial charge in [0.25, 0.3) is 5.95 Å². The van der Waals surface area contributed by atoms with Gasteiger partial charge in [0.1, 0.15) is 0 Å². The van der Waals surface area contributed by atoms with E-state index in [4.69, 9.17) is 9.84 Å². The number of anilines is 2. The fourth-order valence-corrected chi connectivity index (χ4v) is 2.88. The van der Waals surface area contributed by atoms with E-state index in [0.29, 0.717) is 18.1 Å². The first kappa shape index (κ1) is 18.2. The fourth-order valence-electron chi connectivity index (χ4n) is 2.88. The highest BCUT2D eigenvalue weighted by Gasteiger charge is 2.10. The molecule has 3 aromatic heterocycles. The molecule has 3 heterocycles. The van der Waals surface area contributed by atoms with Gasteiger partial charge in [0.2, 0.25) is 5.88 Å². The Bertz CT molecular complexity index is 1140. The molecule has 0 aliphatic rings. The Morgan fingerprint density at radius 3 is 2.66 bits per heavy atom. The Morgan fingerprint density at radius 1 is 1.14 bits per heavy atom. The fraction of sp³-hybridized carbons (Fsp3) is 0.100. The van der Waals surface area contributed by atoms with E-state index in [2.05, 4.69) is 25.7 Å². The topological polar surface area (TPSA) is 114 Å². The number of hydrogen-bond acceptors (Lipinski definition) is 6. The number of methoxy groups -OCH3 is 1. The lowest BCUT2D eigenvalue weighted by molar-refractivity contribution is 0.209. The van der Waals surface area contributed by atoms with Crippen LogP contribution in [0.3, 0.4) is 0 Å². The highest BCUT2D eigenvalue weighted by atomic mass is 16.5. The number of carbonyl (C=O) groups is 1. The molecule has 146 valence electrons. The lowest BCUT2D eigenvalue weighted by Crippen LogP contribution is -2.08. The Kier molecular flexibility index (Phi) is 4.93. The molecule has 1 amide bonds. The van der Waals surface area contributed by atoms with Gasteiger partial charge in [-0.25, -0.2) is 14.3 Å². The summed E-state index contributed by atoms with van der Waals surface area (Å²) in [4.78, 5) is 19.2. The molecule has 4 rings (SSSR count). The van der Waals surface area contributed by atoms with Crippen molar-refractivity contribution in [3.63, 3.8) is 0 Å². The maximum Gasteiger partial charge on any atom is 0.411 e. The van der Waals surface area contributed by atoms with E-state index in [9.17, 15) is 4.79 Å². The second kappa shape index (κ2) is 7.85. The zero-order chi connectivity index (χ0) is 20.2. The summed E-state index contributed by atoms with van der Waals surface area (Å²) in [6.45, 7) is 0.647. The van der Waals surface area contributed by atoms with E-state index in [1.807, 2.05) is 42.5 Å². The maximum atomic E-state index is 10.8. The average Bonchev–Trinajstić information content (AvgIpc) is 3.14. The summed E-state index contributed by atoms with van der Waals surface area (Å²) in [5.41, 5.74) is 4.32. The van der Waals surface area contributed by atoms with Gasteiger partial charge in [-0.2, -0.15) is 4.98 Å². The van der Waals surface area contributed by atoms with Crippen molar-refractivity contribution in [2.45, 2.75) is 6.54 Å². The molecule has 9 heteroatoms. The minimum atomic E-state index is -1.20. The number of hydrogen-bond donors (Lipinski definition) is 3. The number of pyridine rings is 2. The monoisotopic (exact) mass is 390 g/mol. The van der Waals surface area contributed by atoms with Crippen LogP contribution in [0, 0.1) is 0 Å². The number of amides is 1. The van der Waals surface area contributed by atoms with Gasteiger partial charge in [-0.1, -0.05) is 30.3 Å². The molecule has 0 fully saturated rings. The first-order valence-corrected chi connectivity index (χ1v) is 8.81. The van der Waals surface area contributed by atoms with Crippen LogP contribution in [-0.2, 0) is 6.54 Å². The van der Waals surface area contributed by atoms with Crippen molar-refractivity contribution < 1.29 is 14.6 Å². The van der Waals surface area contributed by atoms with Crippen LogP contribution >= 0.6 is 0 Å². The van der Waals surface area contributed by atoms with Crippen molar-refractivity contribution in [1.82, 2.24) is 19.6 Å². The Hall–Kier alpha value is -4.14. The van der Waals surface area contributed by atoms with Crippen LogP contribution < -0.4 is 15.4 Å². The summed E-state index contributed by atoms with van der Waals surface area (Å²) < 4.78 is 6.67. The Balaban J connectivity index is 1.51. The van der Waals surface area contributed by atoms with Crippen LogP contribution in [0.25, 0.3) is 16.9 Å². The average molecular weight is 390 g/mol. The molecule has 0 atom stereocenters. The van der Waals surface area contributed by atoms with Gasteiger partial charge in [0.15, 0.2) is 5.65 Å². The first-order chi connectivity index (χ1) is 14.1. The second-order valence-electron chi connectivity index (χ2n) is 6.19. The molecular weight excluding hydrogens is 372 g/mol. The van der Waals surface area contributed by atoms with Gasteiger partial charge in [-0.15, -0.1) is 5.10 Å². The maximum absolute atomic E-state index is 10.8. The van der Waals surface area contributed by atoms with Crippen LogP contribution in [-0.4, -0.2) is 37.9 Å². The second-order valence-corrected chi connectivity index (χ2v) is 6.19. The van der Waals surface area contributed by atoms with Gasteiger partial charge in [-0.05, 0) is 23.8 Å². The molecule has 4 aromatic rings. The lowest BCUT2D eigenvalue weighted by Gasteiger charge is -2.08. The van der Waals surface area contributed by atoms with E-state index in [1.165, 1.54) is 0 Å². The largest absolute Gasteiger partial charge is 0.481 e. The van der Waals surface area contributed by atoms with Crippen molar-refractivity contribution in [2.75, 3.05) is 17.7 Å². The molecule has 9 nitrogen and oxygen atoms in total. The smallest absolute Gasteiger partial charge is 0.411 e. The van der Waals surface area contributed by atoms with E-state index >= 15 is 0 Å². The summed E-state index contributed by atoms with van der Waals surface area (Å²) in [6.07, 6.45) is 0.521. The minimum absolute atomic E-state index is 0.0406. The Labute approximate surface area is 166 Å². The predicted octanol–water partition coefficient (Wildman–Crippen LogP) is 3.50. The SMILES string of the molecule is COc1ccc(NCc2ccc(-c3cccc4nc(NC(=O)O)nn34)cc2)cn1. The first-order valence-electron chi connectivity index (χ1n) is 8.81. The standard InChI is InChI=1S/C20H18N6O3/c1-29-18-10-9-15(12-22-18)21-11-13-5-7-14(8-6-13)16-3-2-4-17-23-19(24-20(27)28)25-26(16)17/h2-10,12,21H,11H2,1H3,(H,24,25)(H,27,28). The van der Waals surface area contributed by atoms with Crippen molar-refractivity contribution in [3.8, 4) is 17.1 Å². The summed E-state index contributed by atoms with van der Waals surface area (Å²) in [5, 5.41) is 18.6. The number of rotatable bonds is 6. The predicted molar refractivity (Wildman–Crippen MR) is 108 cm³/mol. The van der Waals surface area contributed by atoms with E-state index in [-0.39, 0.29) is 5.95 Å². The highest BCUT2D eigenvalue weighted by molar-refractivity contribution is 5.80. The quantitative estimate of drug-likeness (QED) is 0.462. The number of ether oxygens (including phenoxy) is 1. The third kappa shape index (κ3) is 4.08. The molecule has 0 aliphatic heterocycles. The molecule has 0 saturated carbocycles. The molecule has 0 spiro atoms. The number of nitrogens with zero attached hydrogens (tertiary/aromatic N) is 4. The minimum Gasteiger partial charge on any atom is -0.481 e.